The van der Waals surface area contributed by atoms with Gasteiger partial charge in [0, 0.05) is 36.1 Å². The number of aliphatic hydroxyl groups is 1. The minimum Gasteiger partial charge on any atom is -0.490 e. The number of aromatic nitrogens is 3. The fourth-order valence-electron chi connectivity index (χ4n) is 3.78. The van der Waals surface area contributed by atoms with Gasteiger partial charge >= 0.3 is 6.09 Å². The maximum atomic E-state index is 12.9. The number of hydrogen-bond acceptors (Lipinski definition) is 8. The number of rotatable bonds is 14. The summed E-state index contributed by atoms with van der Waals surface area (Å²) in [5, 5.41) is 13.4. The van der Waals surface area contributed by atoms with Gasteiger partial charge < -0.3 is 24.9 Å². The number of alkyl carbamates (subject to hydrolysis) is 1. The van der Waals surface area contributed by atoms with Crippen molar-refractivity contribution in [2.45, 2.75) is 70.2 Å². The summed E-state index contributed by atoms with van der Waals surface area (Å²) in [5.41, 5.74) is 0.473. The van der Waals surface area contributed by atoms with Crippen LogP contribution in [-0.2, 0) is 14.8 Å². The average molecular weight is 574 g/mol. The molecule has 0 saturated carbocycles. The number of amides is 1. The van der Waals surface area contributed by atoms with Crippen LogP contribution < -0.4 is 14.8 Å². The number of sulfonamides is 1. The number of aliphatic hydroxyl groups excluding tert-OH is 1. The van der Waals surface area contributed by atoms with Crippen molar-refractivity contribution in [2.75, 3.05) is 13.2 Å². The first-order valence-corrected chi connectivity index (χ1v) is 14.8. The van der Waals surface area contributed by atoms with Gasteiger partial charge in [0.25, 0.3) is 10.0 Å². The molecule has 3 rings (SSSR count). The number of carbonyl (C=O) groups is 1. The van der Waals surface area contributed by atoms with Crippen LogP contribution in [-0.4, -0.2) is 66.0 Å². The molecular weight excluding hydrogens is 534 g/mol. The fourth-order valence-corrected chi connectivity index (χ4v) is 4.78. The third-order valence-electron chi connectivity index (χ3n) is 6.27. The number of hydrogen-bond donors (Lipinski definition) is 4. The zero-order valence-corrected chi connectivity index (χ0v) is 24.1. The van der Waals surface area contributed by atoms with Crippen LogP contribution in [0, 0.1) is 5.41 Å². The number of ether oxygens (including phenoxy) is 2. The van der Waals surface area contributed by atoms with E-state index in [1.54, 1.807) is 24.5 Å². The summed E-state index contributed by atoms with van der Waals surface area (Å²) in [6, 6.07) is 11.2. The van der Waals surface area contributed by atoms with Crippen molar-refractivity contribution in [2.24, 2.45) is 5.41 Å². The molecule has 2 heterocycles. The van der Waals surface area contributed by atoms with Gasteiger partial charge in [-0.3, -0.25) is 0 Å². The molecule has 0 fully saturated rings. The van der Waals surface area contributed by atoms with Gasteiger partial charge in [0.1, 0.15) is 24.3 Å². The first-order chi connectivity index (χ1) is 19.0. The molecule has 0 aliphatic rings. The molecule has 40 heavy (non-hydrogen) atoms. The average Bonchev–Trinajstić information content (AvgIpc) is 3.47. The molecule has 218 valence electrons. The second-order valence-corrected chi connectivity index (χ2v) is 12.2. The zero-order chi connectivity index (χ0) is 29.2. The van der Waals surface area contributed by atoms with Crippen molar-refractivity contribution in [1.29, 1.82) is 0 Å². The van der Waals surface area contributed by atoms with Crippen molar-refractivity contribution in [3.05, 3.63) is 61.1 Å². The van der Waals surface area contributed by atoms with E-state index in [4.69, 9.17) is 9.47 Å². The fraction of sp³-hybridized carbons (Fsp3) is 0.464. The Balaban J connectivity index is 1.59. The molecule has 0 aliphatic carbocycles. The zero-order valence-electron chi connectivity index (χ0n) is 23.3. The van der Waals surface area contributed by atoms with Crippen LogP contribution in [0.25, 0.3) is 11.4 Å². The molecule has 11 nitrogen and oxygen atoms in total. The van der Waals surface area contributed by atoms with E-state index in [1.165, 1.54) is 12.3 Å². The van der Waals surface area contributed by atoms with Gasteiger partial charge in [-0.15, -0.1) is 0 Å². The van der Waals surface area contributed by atoms with E-state index in [0.29, 0.717) is 12.2 Å². The Labute approximate surface area is 235 Å². The molecule has 0 aliphatic heterocycles. The van der Waals surface area contributed by atoms with E-state index in [9.17, 15) is 18.3 Å². The van der Waals surface area contributed by atoms with Crippen molar-refractivity contribution >= 4 is 16.1 Å². The number of benzene rings is 1. The van der Waals surface area contributed by atoms with E-state index in [0.717, 1.165) is 24.2 Å². The minimum absolute atomic E-state index is 0.114. The smallest absolute Gasteiger partial charge is 0.407 e. The van der Waals surface area contributed by atoms with Crippen LogP contribution in [0.5, 0.6) is 5.75 Å². The molecule has 0 unspecified atom stereocenters. The van der Waals surface area contributed by atoms with Crippen molar-refractivity contribution in [1.82, 2.24) is 25.0 Å². The highest BCUT2D eigenvalue weighted by Gasteiger charge is 2.31. The lowest BCUT2D eigenvalue weighted by molar-refractivity contribution is -0.00274. The molecule has 4 N–H and O–H groups in total. The number of aromatic amines is 1. The van der Waals surface area contributed by atoms with Gasteiger partial charge in [-0.05, 0) is 42.8 Å². The molecule has 0 spiro atoms. The Bertz CT molecular complexity index is 1280. The Morgan fingerprint density at radius 2 is 1.85 bits per heavy atom. The number of carbonyl (C=O) groups excluding carboxylic acids is 1. The summed E-state index contributed by atoms with van der Waals surface area (Å²) < 4.78 is 39.1. The molecular formula is C28H39N5O6S. The van der Waals surface area contributed by atoms with E-state index >= 15 is 0 Å². The second-order valence-electron chi connectivity index (χ2n) is 10.5. The quantitative estimate of drug-likeness (QED) is 0.226. The topological polar surface area (TPSA) is 156 Å². The largest absolute Gasteiger partial charge is 0.490 e. The predicted molar refractivity (Wildman–Crippen MR) is 151 cm³/mol. The maximum Gasteiger partial charge on any atom is 0.407 e. The van der Waals surface area contributed by atoms with Crippen LogP contribution in [0.15, 0.2) is 66.1 Å². The Morgan fingerprint density at radius 1 is 1.10 bits per heavy atom. The van der Waals surface area contributed by atoms with Gasteiger partial charge in [0.2, 0.25) is 0 Å². The monoisotopic (exact) mass is 573 g/mol. The Morgan fingerprint density at radius 3 is 2.45 bits per heavy atom. The number of imidazole rings is 1. The molecule has 0 saturated heterocycles. The normalized spacial score (nSPS) is 14.2. The number of nitrogens with one attached hydrogen (secondary N) is 3. The molecule has 2 aromatic heterocycles. The minimum atomic E-state index is -3.91. The van der Waals surface area contributed by atoms with Gasteiger partial charge in [-0.25, -0.2) is 27.9 Å². The van der Waals surface area contributed by atoms with Crippen LogP contribution >= 0.6 is 0 Å². The Hall–Kier alpha value is -3.48. The summed E-state index contributed by atoms with van der Waals surface area (Å²) in [4.78, 5) is 24.1. The predicted octanol–water partition coefficient (Wildman–Crippen LogP) is 3.89. The van der Waals surface area contributed by atoms with Gasteiger partial charge in [-0.2, -0.15) is 0 Å². The molecule has 12 heteroatoms. The standard InChI is InChI=1S/C28H39N5O6S/c1-5-6-9-22(23(34)18-32-40(36,37)25-10-7-8-15-29-25)33-27(35)39-24(28(2,3)4)19-38-21-13-11-20(12-14-21)26-30-16-17-31-26/h7-8,10-17,22-24,32,34H,5-6,9,18-19H2,1-4H3,(H,30,31)(H,33,35)/t22-,23+,24+/m0/s1. The lowest BCUT2D eigenvalue weighted by atomic mass is 9.89. The highest BCUT2D eigenvalue weighted by molar-refractivity contribution is 7.89. The van der Waals surface area contributed by atoms with Gasteiger partial charge in [-0.1, -0.05) is 46.6 Å². The number of pyridine rings is 1. The van der Waals surface area contributed by atoms with E-state index in [-0.39, 0.29) is 18.2 Å². The molecule has 0 bridgehead atoms. The van der Waals surface area contributed by atoms with Gasteiger partial charge in [0.15, 0.2) is 5.03 Å². The molecule has 1 amide bonds. The number of unbranched alkanes of at least 4 members (excludes halogenated alkanes) is 1. The lowest BCUT2D eigenvalue weighted by Crippen LogP contribution is -2.50. The van der Waals surface area contributed by atoms with Crippen LogP contribution in [0.3, 0.4) is 0 Å². The molecule has 1 aromatic carbocycles. The first kappa shape index (κ1) is 31.1. The maximum absolute atomic E-state index is 12.9. The summed E-state index contributed by atoms with van der Waals surface area (Å²) in [7, 11) is -3.91. The third kappa shape index (κ3) is 9.32. The number of H-pyrrole nitrogens is 1. The van der Waals surface area contributed by atoms with Crippen LogP contribution in [0.2, 0.25) is 0 Å². The van der Waals surface area contributed by atoms with E-state index < -0.39 is 39.8 Å². The lowest BCUT2D eigenvalue weighted by Gasteiger charge is -2.31. The summed E-state index contributed by atoms with van der Waals surface area (Å²) in [6.45, 7) is 7.61. The summed E-state index contributed by atoms with van der Waals surface area (Å²) >= 11 is 0. The Kier molecular flexibility index (Phi) is 11.1. The van der Waals surface area contributed by atoms with E-state index in [2.05, 4.69) is 25.0 Å². The van der Waals surface area contributed by atoms with Gasteiger partial charge in [0.05, 0.1) is 12.1 Å². The van der Waals surface area contributed by atoms with Crippen molar-refractivity contribution in [3.63, 3.8) is 0 Å². The van der Waals surface area contributed by atoms with Crippen LogP contribution in [0.1, 0.15) is 47.0 Å². The SMILES string of the molecule is CCCC[C@H](NC(=O)O[C@H](COc1ccc(-c2ncc[nH]2)cc1)C(C)(C)C)[C@H](O)CNS(=O)(=O)c1ccccn1. The highest BCUT2D eigenvalue weighted by atomic mass is 32.2. The van der Waals surface area contributed by atoms with Crippen LogP contribution in [0.4, 0.5) is 4.79 Å². The molecule has 0 radical (unpaired) electrons. The third-order valence-corrected chi connectivity index (χ3v) is 7.61. The number of nitrogens with zero attached hydrogens (tertiary/aromatic N) is 2. The molecule has 3 atom stereocenters. The summed E-state index contributed by atoms with van der Waals surface area (Å²) in [5.74, 6) is 1.37. The molecule has 3 aromatic rings. The van der Waals surface area contributed by atoms with Crippen molar-refractivity contribution < 1.29 is 27.8 Å². The van der Waals surface area contributed by atoms with E-state index in [1.807, 2.05) is 52.0 Å². The second kappa shape index (κ2) is 14.2. The summed E-state index contributed by atoms with van der Waals surface area (Å²) in [6.07, 6.45) is 4.29. The van der Waals surface area contributed by atoms with Crippen molar-refractivity contribution in [3.8, 4) is 17.1 Å². The first-order valence-electron chi connectivity index (χ1n) is 13.3. The highest BCUT2D eigenvalue weighted by Crippen LogP contribution is 2.25.